The molecule has 3 aliphatic rings. The maximum Gasteiger partial charge on any atom is 0.334 e. The van der Waals surface area contributed by atoms with Gasteiger partial charge in [0.2, 0.25) is 0 Å². The van der Waals surface area contributed by atoms with E-state index in [1.54, 1.807) is 6.07 Å². The molecule has 2 aliphatic heterocycles. The number of fused-ring (bicyclic) bond motifs is 1. The minimum absolute atomic E-state index is 0.0558. The van der Waals surface area contributed by atoms with Crippen LogP contribution in [0.4, 0.5) is 4.79 Å². The largest absolute Gasteiger partial charge is 0.334 e. The van der Waals surface area contributed by atoms with Crippen LogP contribution in [-0.2, 0) is 19.6 Å². The van der Waals surface area contributed by atoms with E-state index in [4.69, 9.17) is 0 Å². The molecule has 0 N–H and O–H groups in total. The molecule has 0 radical (unpaired) electrons. The molecule has 9 nitrogen and oxygen atoms in total. The summed E-state index contributed by atoms with van der Waals surface area (Å²) in [5.74, 6) is -2.57. The molecule has 1 aliphatic carbocycles. The summed E-state index contributed by atoms with van der Waals surface area (Å²) in [5.41, 5.74) is 0.0558. The summed E-state index contributed by atoms with van der Waals surface area (Å²) < 4.78 is 25.7. The number of nitrogens with zero attached hydrogens (tertiary/aromatic N) is 3. The molecule has 1 aromatic rings. The van der Waals surface area contributed by atoms with Crippen LogP contribution in [0.1, 0.15) is 36.0 Å². The van der Waals surface area contributed by atoms with Gasteiger partial charge in [0.25, 0.3) is 15.9 Å². The number of sulfonamides is 1. The highest BCUT2D eigenvalue weighted by molar-refractivity contribution is 7.90. The van der Waals surface area contributed by atoms with Gasteiger partial charge in [-0.25, -0.2) is 17.5 Å². The van der Waals surface area contributed by atoms with Crippen molar-refractivity contribution in [2.75, 3.05) is 13.1 Å². The summed E-state index contributed by atoms with van der Waals surface area (Å²) in [6, 6.07) is 4.78. The molecule has 27 heavy (non-hydrogen) atoms. The van der Waals surface area contributed by atoms with E-state index >= 15 is 0 Å². The molecule has 0 aromatic heterocycles. The Morgan fingerprint density at radius 3 is 2.22 bits per heavy atom. The Balaban J connectivity index is 1.52. The molecule has 1 aromatic carbocycles. The second kappa shape index (κ2) is 6.15. The Hall–Kier alpha value is -2.75. The van der Waals surface area contributed by atoms with Crippen LogP contribution < -0.4 is 0 Å². The van der Waals surface area contributed by atoms with Crippen LogP contribution in [0, 0.1) is 0 Å². The molecule has 0 spiro atoms. The highest BCUT2D eigenvalue weighted by Gasteiger charge is 2.49. The number of hydrogen-bond acceptors (Lipinski definition) is 6. The first kappa shape index (κ1) is 17.7. The van der Waals surface area contributed by atoms with Gasteiger partial charge in [-0.15, -0.1) is 0 Å². The smallest absolute Gasteiger partial charge is 0.268 e. The van der Waals surface area contributed by atoms with Gasteiger partial charge in [0.15, 0.2) is 0 Å². The molecule has 2 heterocycles. The van der Waals surface area contributed by atoms with Gasteiger partial charge >= 0.3 is 17.8 Å². The first-order valence-corrected chi connectivity index (χ1v) is 10.1. The van der Waals surface area contributed by atoms with Crippen molar-refractivity contribution in [3.05, 3.63) is 29.8 Å². The summed E-state index contributed by atoms with van der Waals surface area (Å²) >= 11 is 0. The maximum absolute atomic E-state index is 12.5. The van der Waals surface area contributed by atoms with Crippen LogP contribution in [0.15, 0.2) is 29.2 Å². The van der Waals surface area contributed by atoms with Crippen molar-refractivity contribution in [1.82, 2.24) is 14.1 Å². The zero-order valence-electron chi connectivity index (χ0n) is 14.3. The minimum atomic E-state index is -4.03. The van der Waals surface area contributed by atoms with Crippen molar-refractivity contribution >= 4 is 33.8 Å². The van der Waals surface area contributed by atoms with Gasteiger partial charge in [0, 0.05) is 12.6 Å². The fraction of sp³-hybridized carbons (Fsp3) is 0.412. The van der Waals surface area contributed by atoms with Gasteiger partial charge in [0.05, 0.1) is 12.1 Å². The van der Waals surface area contributed by atoms with E-state index in [9.17, 15) is 27.6 Å². The topological polar surface area (TPSA) is 112 Å². The van der Waals surface area contributed by atoms with Crippen molar-refractivity contribution in [2.45, 2.75) is 36.6 Å². The van der Waals surface area contributed by atoms with Gasteiger partial charge in [-0.3, -0.25) is 24.2 Å². The number of imide groups is 2. The summed E-state index contributed by atoms with van der Waals surface area (Å²) in [6.07, 6.45) is 3.09. The molecular formula is C17H17N3O6S. The fourth-order valence-electron chi connectivity index (χ4n) is 3.85. The Labute approximate surface area is 155 Å². The fourth-order valence-corrected chi connectivity index (χ4v) is 5.41. The van der Waals surface area contributed by atoms with Crippen LogP contribution >= 0.6 is 0 Å². The molecule has 0 atom stereocenters. The molecule has 5 amide bonds. The Morgan fingerprint density at radius 2 is 1.56 bits per heavy atom. The van der Waals surface area contributed by atoms with Crippen LogP contribution in [0.3, 0.4) is 0 Å². The lowest BCUT2D eigenvalue weighted by atomic mass is 10.2. The van der Waals surface area contributed by atoms with Gasteiger partial charge in [-0.2, -0.15) is 0 Å². The average Bonchev–Trinajstić information content (AvgIpc) is 3.28. The molecule has 2 fully saturated rings. The van der Waals surface area contributed by atoms with Crippen LogP contribution in [0.25, 0.3) is 0 Å². The van der Waals surface area contributed by atoms with Crippen LogP contribution in [0.2, 0.25) is 0 Å². The van der Waals surface area contributed by atoms with E-state index in [1.165, 1.54) is 18.2 Å². The minimum Gasteiger partial charge on any atom is -0.268 e. The lowest BCUT2D eigenvalue weighted by Crippen LogP contribution is -2.43. The summed E-state index contributed by atoms with van der Waals surface area (Å²) in [4.78, 5) is 50.9. The predicted molar refractivity (Wildman–Crippen MR) is 90.9 cm³/mol. The van der Waals surface area contributed by atoms with E-state index in [1.807, 2.05) is 0 Å². The number of rotatable bonds is 4. The van der Waals surface area contributed by atoms with E-state index in [2.05, 4.69) is 0 Å². The number of hydrogen-bond donors (Lipinski definition) is 0. The van der Waals surface area contributed by atoms with Crippen molar-refractivity contribution in [2.24, 2.45) is 0 Å². The Bertz CT molecular complexity index is 967. The van der Waals surface area contributed by atoms with Gasteiger partial charge in [-0.05, 0) is 25.0 Å². The second-order valence-corrected chi connectivity index (χ2v) is 8.56. The summed E-state index contributed by atoms with van der Waals surface area (Å²) in [5, 5.41) is 0. The highest BCUT2D eigenvalue weighted by atomic mass is 32.2. The first-order valence-electron chi connectivity index (χ1n) is 8.69. The first-order chi connectivity index (χ1) is 12.8. The maximum atomic E-state index is 12.5. The third kappa shape index (κ3) is 2.54. The second-order valence-electron chi connectivity index (χ2n) is 6.73. The van der Waals surface area contributed by atoms with Gasteiger partial charge in [0.1, 0.15) is 4.90 Å². The Kier molecular flexibility index (Phi) is 4.02. The lowest BCUT2D eigenvalue weighted by Gasteiger charge is -2.22. The van der Waals surface area contributed by atoms with E-state index in [0.717, 1.165) is 22.6 Å². The number of carbonyl (C=O) groups is 4. The third-order valence-corrected chi connectivity index (χ3v) is 7.05. The zero-order valence-corrected chi connectivity index (χ0v) is 15.1. The molecule has 10 heteroatoms. The number of benzene rings is 1. The number of carbonyl (C=O) groups excluding carboxylic acids is 4. The van der Waals surface area contributed by atoms with Gasteiger partial charge < -0.3 is 0 Å². The standard InChI is InChI=1S/C17H17N3O6S/c21-14-12-7-3-4-8-13(12)27(25,26)19(14)10-9-18-15(22)16(23)20(17(18)24)11-5-1-2-6-11/h3-4,7-8,11H,1-2,5-6,9-10H2. The zero-order chi connectivity index (χ0) is 19.3. The molecule has 4 rings (SSSR count). The third-order valence-electron chi connectivity index (χ3n) is 5.21. The molecule has 1 saturated heterocycles. The normalized spacial score (nSPS) is 22.3. The SMILES string of the molecule is O=C1C(=O)N(C2CCCC2)C(=O)N1CCN1C(=O)c2ccccc2S1(=O)=O. The van der Waals surface area contributed by atoms with Crippen molar-refractivity contribution in [1.29, 1.82) is 0 Å². The number of urea groups is 1. The summed E-state index contributed by atoms with van der Waals surface area (Å²) in [7, 11) is -4.03. The van der Waals surface area contributed by atoms with Crippen molar-refractivity contribution in [3.63, 3.8) is 0 Å². The quantitative estimate of drug-likeness (QED) is 0.548. The number of amides is 5. The van der Waals surface area contributed by atoms with Crippen molar-refractivity contribution < 1.29 is 27.6 Å². The monoisotopic (exact) mass is 391 g/mol. The van der Waals surface area contributed by atoms with Gasteiger partial charge in [-0.1, -0.05) is 25.0 Å². The lowest BCUT2D eigenvalue weighted by molar-refractivity contribution is -0.144. The average molecular weight is 391 g/mol. The van der Waals surface area contributed by atoms with E-state index < -0.39 is 33.8 Å². The molecular weight excluding hydrogens is 374 g/mol. The van der Waals surface area contributed by atoms with E-state index in [0.29, 0.717) is 17.1 Å². The molecule has 0 unspecified atom stereocenters. The predicted octanol–water partition coefficient (Wildman–Crippen LogP) is 0.564. The Morgan fingerprint density at radius 1 is 0.889 bits per heavy atom. The van der Waals surface area contributed by atoms with E-state index in [-0.39, 0.29) is 29.6 Å². The highest BCUT2D eigenvalue weighted by Crippen LogP contribution is 2.31. The molecule has 1 saturated carbocycles. The van der Waals surface area contributed by atoms with Crippen molar-refractivity contribution in [3.8, 4) is 0 Å². The molecule has 0 bridgehead atoms. The van der Waals surface area contributed by atoms with Crippen LogP contribution in [-0.4, -0.2) is 65.4 Å². The van der Waals surface area contributed by atoms with Crippen LogP contribution in [0.5, 0.6) is 0 Å². The molecule has 142 valence electrons. The summed E-state index contributed by atoms with van der Waals surface area (Å²) in [6.45, 7) is -0.745.